The number of carbonyl (C=O) groups excluding carboxylic acids is 1. The molecule has 1 amide bonds. The summed E-state index contributed by atoms with van der Waals surface area (Å²) in [7, 11) is 0. The van der Waals surface area contributed by atoms with Gasteiger partial charge in [0, 0.05) is 24.5 Å². The molecule has 0 saturated heterocycles. The molecule has 1 aliphatic heterocycles. The van der Waals surface area contributed by atoms with E-state index < -0.39 is 0 Å². The van der Waals surface area contributed by atoms with E-state index in [1.165, 1.54) is 0 Å². The zero-order valence-corrected chi connectivity index (χ0v) is 10.6. The van der Waals surface area contributed by atoms with Gasteiger partial charge in [-0.1, -0.05) is 11.6 Å². The Labute approximate surface area is 110 Å². The summed E-state index contributed by atoms with van der Waals surface area (Å²) < 4.78 is 11.1. The highest BCUT2D eigenvalue weighted by molar-refractivity contribution is 6.34. The Kier molecular flexibility index (Phi) is 3.04. The van der Waals surface area contributed by atoms with E-state index in [1.54, 1.807) is 12.1 Å². The predicted molar refractivity (Wildman–Crippen MR) is 68.4 cm³/mol. The number of fused-ring (bicyclic) bond motifs is 1. The first-order valence-electron chi connectivity index (χ1n) is 6.14. The number of halogens is 1. The van der Waals surface area contributed by atoms with Crippen molar-refractivity contribution >= 4 is 23.2 Å². The number of anilines is 1. The predicted octanol–water partition coefficient (Wildman–Crippen LogP) is 2.85. The summed E-state index contributed by atoms with van der Waals surface area (Å²) in [5.74, 6) is 1.47. The highest BCUT2D eigenvalue weighted by Crippen LogP contribution is 2.38. The second-order valence-electron chi connectivity index (χ2n) is 4.59. The van der Waals surface area contributed by atoms with Gasteiger partial charge in [-0.3, -0.25) is 4.79 Å². The molecule has 0 radical (unpaired) electrons. The molecule has 1 aromatic carbocycles. The summed E-state index contributed by atoms with van der Waals surface area (Å²) in [6.07, 6.45) is 2.78. The smallest absolute Gasteiger partial charge is 0.227 e. The number of ether oxygens (including phenoxy) is 2. The van der Waals surface area contributed by atoms with Crippen LogP contribution in [-0.2, 0) is 4.79 Å². The molecule has 0 bridgehead atoms. The van der Waals surface area contributed by atoms with Crippen molar-refractivity contribution in [1.29, 1.82) is 0 Å². The quantitative estimate of drug-likeness (QED) is 0.896. The molecule has 18 heavy (non-hydrogen) atoms. The molecule has 3 rings (SSSR count). The van der Waals surface area contributed by atoms with Crippen molar-refractivity contribution in [1.82, 2.24) is 0 Å². The Morgan fingerprint density at radius 2 is 1.89 bits per heavy atom. The van der Waals surface area contributed by atoms with Gasteiger partial charge in [0.25, 0.3) is 0 Å². The maximum Gasteiger partial charge on any atom is 0.227 e. The van der Waals surface area contributed by atoms with Gasteiger partial charge in [-0.05, 0) is 12.8 Å². The molecule has 0 atom stereocenters. The van der Waals surface area contributed by atoms with Gasteiger partial charge in [0.15, 0.2) is 11.5 Å². The molecule has 1 N–H and O–H groups in total. The maximum absolute atomic E-state index is 11.7. The fourth-order valence-corrected chi connectivity index (χ4v) is 2.06. The number of hydrogen-bond acceptors (Lipinski definition) is 3. The van der Waals surface area contributed by atoms with Gasteiger partial charge >= 0.3 is 0 Å². The van der Waals surface area contributed by atoms with Gasteiger partial charge in [0.2, 0.25) is 5.91 Å². The third-order valence-corrected chi connectivity index (χ3v) is 3.36. The van der Waals surface area contributed by atoms with E-state index in [0.717, 1.165) is 19.3 Å². The van der Waals surface area contributed by atoms with Crippen molar-refractivity contribution < 1.29 is 14.3 Å². The van der Waals surface area contributed by atoms with Crippen molar-refractivity contribution in [2.75, 3.05) is 18.5 Å². The van der Waals surface area contributed by atoms with Crippen molar-refractivity contribution in [3.05, 3.63) is 17.2 Å². The number of amides is 1. The maximum atomic E-state index is 11.7. The Balaban J connectivity index is 1.85. The van der Waals surface area contributed by atoms with E-state index in [0.29, 0.717) is 35.4 Å². The van der Waals surface area contributed by atoms with Crippen LogP contribution in [0.2, 0.25) is 5.02 Å². The van der Waals surface area contributed by atoms with Gasteiger partial charge in [-0.25, -0.2) is 0 Å². The van der Waals surface area contributed by atoms with Crippen molar-refractivity contribution in [3.8, 4) is 11.5 Å². The number of carbonyl (C=O) groups is 1. The second kappa shape index (κ2) is 4.69. The molecule has 0 aromatic heterocycles. The van der Waals surface area contributed by atoms with E-state index in [4.69, 9.17) is 21.1 Å². The van der Waals surface area contributed by atoms with Crippen LogP contribution >= 0.6 is 11.6 Å². The standard InChI is InChI=1S/C13H14ClNO3/c14-9-6-11-12(18-5-1-4-17-11)7-10(9)15-13(16)8-2-3-8/h6-8H,1-5H2,(H,15,16). The highest BCUT2D eigenvalue weighted by atomic mass is 35.5. The fourth-order valence-electron chi connectivity index (χ4n) is 1.86. The van der Waals surface area contributed by atoms with Crippen LogP contribution in [0.3, 0.4) is 0 Å². The first-order chi connectivity index (χ1) is 8.74. The lowest BCUT2D eigenvalue weighted by Gasteiger charge is -2.12. The Bertz CT molecular complexity index is 485. The molecule has 0 unspecified atom stereocenters. The first kappa shape index (κ1) is 11.7. The zero-order valence-electron chi connectivity index (χ0n) is 9.87. The minimum atomic E-state index is 0.0337. The van der Waals surface area contributed by atoms with Gasteiger partial charge in [0.1, 0.15) is 0 Å². The minimum absolute atomic E-state index is 0.0337. The zero-order chi connectivity index (χ0) is 12.5. The molecule has 1 heterocycles. The van der Waals surface area contributed by atoms with Gasteiger partial charge in [0.05, 0.1) is 23.9 Å². The fraction of sp³-hybridized carbons (Fsp3) is 0.462. The minimum Gasteiger partial charge on any atom is -0.490 e. The normalized spacial score (nSPS) is 18.1. The van der Waals surface area contributed by atoms with Crippen LogP contribution in [0.25, 0.3) is 0 Å². The molecule has 1 aliphatic carbocycles. The molecule has 1 saturated carbocycles. The first-order valence-corrected chi connectivity index (χ1v) is 6.52. The largest absolute Gasteiger partial charge is 0.490 e. The van der Waals surface area contributed by atoms with E-state index >= 15 is 0 Å². The van der Waals surface area contributed by atoms with Crippen molar-refractivity contribution in [2.24, 2.45) is 5.92 Å². The van der Waals surface area contributed by atoms with E-state index in [1.807, 2.05) is 0 Å². The molecule has 1 aromatic rings. The summed E-state index contributed by atoms with van der Waals surface area (Å²) in [5, 5.41) is 3.32. The number of benzene rings is 1. The van der Waals surface area contributed by atoms with Gasteiger partial charge < -0.3 is 14.8 Å². The molecule has 1 fully saturated rings. The number of nitrogens with one attached hydrogen (secondary N) is 1. The summed E-state index contributed by atoms with van der Waals surface area (Å²) >= 11 is 6.13. The van der Waals surface area contributed by atoms with Crippen molar-refractivity contribution in [3.63, 3.8) is 0 Å². The second-order valence-corrected chi connectivity index (χ2v) is 5.00. The van der Waals surface area contributed by atoms with E-state index in [-0.39, 0.29) is 11.8 Å². The Morgan fingerprint density at radius 3 is 2.56 bits per heavy atom. The van der Waals surface area contributed by atoms with Gasteiger partial charge in [-0.2, -0.15) is 0 Å². The van der Waals surface area contributed by atoms with Crippen LogP contribution in [0.5, 0.6) is 11.5 Å². The van der Waals surface area contributed by atoms with Crippen LogP contribution in [-0.4, -0.2) is 19.1 Å². The molecule has 4 nitrogen and oxygen atoms in total. The van der Waals surface area contributed by atoms with Crippen LogP contribution in [0.15, 0.2) is 12.1 Å². The molecule has 5 heteroatoms. The number of rotatable bonds is 2. The number of hydrogen-bond donors (Lipinski definition) is 1. The molecular weight excluding hydrogens is 254 g/mol. The molecule has 0 spiro atoms. The van der Waals surface area contributed by atoms with Crippen LogP contribution in [0.4, 0.5) is 5.69 Å². The average molecular weight is 268 g/mol. The SMILES string of the molecule is O=C(Nc1cc2c(cc1Cl)OCCCO2)C1CC1. The topological polar surface area (TPSA) is 47.6 Å². The third kappa shape index (κ3) is 2.38. The lowest BCUT2D eigenvalue weighted by Crippen LogP contribution is -2.13. The average Bonchev–Trinajstić information content (AvgIpc) is 3.15. The van der Waals surface area contributed by atoms with Crippen molar-refractivity contribution in [2.45, 2.75) is 19.3 Å². The summed E-state index contributed by atoms with van der Waals surface area (Å²) in [5.41, 5.74) is 0.595. The molecular formula is C13H14ClNO3. The molecule has 2 aliphatic rings. The highest BCUT2D eigenvalue weighted by Gasteiger charge is 2.30. The monoisotopic (exact) mass is 267 g/mol. The lowest BCUT2D eigenvalue weighted by atomic mass is 10.2. The van der Waals surface area contributed by atoms with Crippen LogP contribution < -0.4 is 14.8 Å². The van der Waals surface area contributed by atoms with E-state index in [9.17, 15) is 4.79 Å². The summed E-state index contributed by atoms with van der Waals surface area (Å²) in [4.78, 5) is 11.7. The summed E-state index contributed by atoms with van der Waals surface area (Å²) in [6, 6.07) is 3.44. The van der Waals surface area contributed by atoms with Gasteiger partial charge in [-0.15, -0.1) is 0 Å². The third-order valence-electron chi connectivity index (χ3n) is 3.04. The van der Waals surface area contributed by atoms with Crippen LogP contribution in [0, 0.1) is 5.92 Å². The molecule has 96 valence electrons. The summed E-state index contributed by atoms with van der Waals surface area (Å²) in [6.45, 7) is 1.24. The van der Waals surface area contributed by atoms with E-state index in [2.05, 4.69) is 5.32 Å². The Hall–Kier alpha value is -1.42. The lowest BCUT2D eigenvalue weighted by molar-refractivity contribution is -0.117. The van der Waals surface area contributed by atoms with Crippen LogP contribution in [0.1, 0.15) is 19.3 Å². The Morgan fingerprint density at radius 1 is 1.22 bits per heavy atom.